The number of benzene rings is 1. The normalized spacial score (nSPS) is 10.0. The maximum Gasteiger partial charge on any atom is 0.305 e. The Bertz CT molecular complexity index is 398. The van der Waals surface area contributed by atoms with Crippen LogP contribution in [-0.4, -0.2) is 28.4 Å². The molecule has 0 aliphatic carbocycles. The molecule has 1 amide bonds. The molecule has 4 nitrogen and oxygen atoms in total. The topological polar surface area (TPSA) is 57.6 Å². The summed E-state index contributed by atoms with van der Waals surface area (Å²) in [5, 5.41) is 8.61. The lowest BCUT2D eigenvalue weighted by molar-refractivity contribution is -0.138. The fourth-order valence-electron chi connectivity index (χ4n) is 1.49. The number of aliphatic carboxylic acids is 1. The van der Waals surface area contributed by atoms with E-state index in [1.165, 1.54) is 6.92 Å². The van der Waals surface area contributed by atoms with Crippen LogP contribution in [0.15, 0.2) is 24.3 Å². The van der Waals surface area contributed by atoms with Gasteiger partial charge in [0.15, 0.2) is 0 Å². The molecule has 92 valence electrons. The average molecular weight is 235 g/mol. The van der Waals surface area contributed by atoms with Crippen LogP contribution >= 0.6 is 0 Å². The smallest absolute Gasteiger partial charge is 0.305 e. The first kappa shape index (κ1) is 13.2. The van der Waals surface area contributed by atoms with Crippen LogP contribution in [0.5, 0.6) is 0 Å². The summed E-state index contributed by atoms with van der Waals surface area (Å²) in [5.74, 6) is -0.994. The van der Waals surface area contributed by atoms with Crippen molar-refractivity contribution >= 4 is 11.9 Å². The molecule has 0 aliphatic rings. The van der Waals surface area contributed by atoms with Gasteiger partial charge in [-0.15, -0.1) is 0 Å². The van der Waals surface area contributed by atoms with E-state index < -0.39 is 5.97 Å². The summed E-state index contributed by atoms with van der Waals surface area (Å²) in [6.45, 7) is 4.16. The number of hydrogen-bond acceptors (Lipinski definition) is 2. The summed E-state index contributed by atoms with van der Waals surface area (Å²) >= 11 is 0. The van der Waals surface area contributed by atoms with Gasteiger partial charge in [-0.25, -0.2) is 0 Å². The summed E-state index contributed by atoms with van der Waals surface area (Å²) in [5.41, 5.74) is 2.17. The highest BCUT2D eigenvalue weighted by atomic mass is 16.4. The van der Waals surface area contributed by atoms with Crippen molar-refractivity contribution < 1.29 is 14.7 Å². The van der Waals surface area contributed by atoms with Crippen molar-refractivity contribution in [1.29, 1.82) is 0 Å². The molecule has 0 unspecified atom stereocenters. The Kier molecular flexibility index (Phi) is 4.69. The quantitative estimate of drug-likeness (QED) is 0.846. The van der Waals surface area contributed by atoms with Crippen LogP contribution < -0.4 is 0 Å². The van der Waals surface area contributed by atoms with Gasteiger partial charge in [-0.1, -0.05) is 29.8 Å². The molecule has 1 aromatic rings. The van der Waals surface area contributed by atoms with Gasteiger partial charge in [-0.2, -0.15) is 0 Å². The standard InChI is InChI=1S/C13H17NO3/c1-10-3-5-12(6-4-10)9-14(11(2)15)8-7-13(16)17/h3-6H,7-9H2,1-2H3,(H,16,17). The molecular weight excluding hydrogens is 218 g/mol. The maximum atomic E-state index is 11.4. The molecule has 0 aliphatic heterocycles. The molecule has 0 saturated carbocycles. The van der Waals surface area contributed by atoms with Crippen molar-refractivity contribution in [3.63, 3.8) is 0 Å². The molecule has 0 spiro atoms. The first-order chi connectivity index (χ1) is 7.99. The van der Waals surface area contributed by atoms with Crippen LogP contribution in [0.2, 0.25) is 0 Å². The lowest BCUT2D eigenvalue weighted by Gasteiger charge is -2.20. The van der Waals surface area contributed by atoms with Crippen LogP contribution in [0.1, 0.15) is 24.5 Å². The van der Waals surface area contributed by atoms with Crippen LogP contribution in [0.25, 0.3) is 0 Å². The summed E-state index contributed by atoms with van der Waals surface area (Å²) < 4.78 is 0. The second-order valence-corrected chi connectivity index (χ2v) is 4.07. The van der Waals surface area contributed by atoms with Crippen molar-refractivity contribution in [2.75, 3.05) is 6.54 Å². The van der Waals surface area contributed by atoms with E-state index in [2.05, 4.69) is 0 Å². The second-order valence-electron chi connectivity index (χ2n) is 4.07. The minimum absolute atomic E-state index is 0.0224. The minimum atomic E-state index is -0.889. The minimum Gasteiger partial charge on any atom is -0.481 e. The van der Waals surface area contributed by atoms with E-state index in [1.54, 1.807) is 4.90 Å². The Labute approximate surface area is 101 Å². The molecular formula is C13H17NO3. The van der Waals surface area contributed by atoms with E-state index >= 15 is 0 Å². The highest BCUT2D eigenvalue weighted by Crippen LogP contribution is 2.07. The SMILES string of the molecule is CC(=O)N(CCC(=O)O)Cc1ccc(C)cc1. The van der Waals surface area contributed by atoms with Gasteiger partial charge in [-0.3, -0.25) is 9.59 Å². The zero-order valence-electron chi connectivity index (χ0n) is 10.1. The molecule has 0 aromatic heterocycles. The van der Waals surface area contributed by atoms with Crippen molar-refractivity contribution in [2.24, 2.45) is 0 Å². The third kappa shape index (κ3) is 4.68. The van der Waals surface area contributed by atoms with E-state index in [4.69, 9.17) is 5.11 Å². The van der Waals surface area contributed by atoms with Crippen molar-refractivity contribution in [3.05, 3.63) is 35.4 Å². The zero-order valence-corrected chi connectivity index (χ0v) is 10.1. The first-order valence-corrected chi connectivity index (χ1v) is 5.52. The fraction of sp³-hybridized carbons (Fsp3) is 0.385. The zero-order chi connectivity index (χ0) is 12.8. The van der Waals surface area contributed by atoms with Crippen LogP contribution in [-0.2, 0) is 16.1 Å². The number of carbonyl (C=O) groups is 2. The average Bonchev–Trinajstić information content (AvgIpc) is 2.26. The number of carboxylic acid groups (broad SMARTS) is 1. The van der Waals surface area contributed by atoms with Crippen LogP contribution in [0.3, 0.4) is 0 Å². The van der Waals surface area contributed by atoms with E-state index in [-0.39, 0.29) is 18.9 Å². The Hall–Kier alpha value is -1.84. The number of carboxylic acids is 1. The predicted molar refractivity (Wildman–Crippen MR) is 64.5 cm³/mol. The third-order valence-corrected chi connectivity index (χ3v) is 2.53. The molecule has 0 radical (unpaired) electrons. The van der Waals surface area contributed by atoms with E-state index in [1.807, 2.05) is 31.2 Å². The highest BCUT2D eigenvalue weighted by molar-refractivity contribution is 5.74. The van der Waals surface area contributed by atoms with Gasteiger partial charge < -0.3 is 10.0 Å². The second kappa shape index (κ2) is 6.03. The summed E-state index contributed by atoms with van der Waals surface area (Å²) in [6, 6.07) is 7.85. The van der Waals surface area contributed by atoms with Gasteiger partial charge in [-0.05, 0) is 12.5 Å². The van der Waals surface area contributed by atoms with E-state index in [9.17, 15) is 9.59 Å². The van der Waals surface area contributed by atoms with Crippen LogP contribution in [0.4, 0.5) is 0 Å². The molecule has 0 bridgehead atoms. The summed E-state index contributed by atoms with van der Waals surface area (Å²) in [7, 11) is 0. The van der Waals surface area contributed by atoms with Gasteiger partial charge in [0.05, 0.1) is 6.42 Å². The lowest BCUT2D eigenvalue weighted by atomic mass is 10.1. The fourth-order valence-corrected chi connectivity index (χ4v) is 1.49. The van der Waals surface area contributed by atoms with Crippen molar-refractivity contribution in [3.8, 4) is 0 Å². The molecule has 1 rings (SSSR count). The molecule has 0 saturated heterocycles. The summed E-state index contributed by atoms with van der Waals surface area (Å²) in [6.07, 6.45) is -0.0224. The molecule has 17 heavy (non-hydrogen) atoms. The van der Waals surface area contributed by atoms with E-state index in [0.29, 0.717) is 6.54 Å². The number of carbonyl (C=O) groups excluding carboxylic acids is 1. The van der Waals surface area contributed by atoms with Gasteiger partial charge in [0, 0.05) is 20.0 Å². The number of rotatable bonds is 5. The monoisotopic (exact) mass is 235 g/mol. The predicted octanol–water partition coefficient (Wildman–Crippen LogP) is 1.82. The molecule has 4 heteroatoms. The molecule has 0 atom stereocenters. The lowest BCUT2D eigenvalue weighted by Crippen LogP contribution is -2.30. The van der Waals surface area contributed by atoms with E-state index in [0.717, 1.165) is 11.1 Å². The summed E-state index contributed by atoms with van der Waals surface area (Å²) in [4.78, 5) is 23.4. The number of amides is 1. The number of hydrogen-bond donors (Lipinski definition) is 1. The largest absolute Gasteiger partial charge is 0.481 e. The van der Waals surface area contributed by atoms with Gasteiger partial charge in [0.1, 0.15) is 0 Å². The Morgan fingerprint density at radius 3 is 2.29 bits per heavy atom. The van der Waals surface area contributed by atoms with Gasteiger partial charge >= 0.3 is 5.97 Å². The van der Waals surface area contributed by atoms with Crippen LogP contribution in [0, 0.1) is 6.92 Å². The maximum absolute atomic E-state index is 11.4. The van der Waals surface area contributed by atoms with Gasteiger partial charge in [0.2, 0.25) is 5.91 Å². The molecule has 1 aromatic carbocycles. The molecule has 1 N–H and O–H groups in total. The van der Waals surface area contributed by atoms with Crippen molar-refractivity contribution in [2.45, 2.75) is 26.8 Å². The third-order valence-electron chi connectivity index (χ3n) is 2.53. The van der Waals surface area contributed by atoms with Crippen molar-refractivity contribution in [1.82, 2.24) is 4.90 Å². The number of aryl methyl sites for hydroxylation is 1. The van der Waals surface area contributed by atoms with Gasteiger partial charge in [0.25, 0.3) is 0 Å². The highest BCUT2D eigenvalue weighted by Gasteiger charge is 2.10. The molecule has 0 fully saturated rings. The Morgan fingerprint density at radius 2 is 1.82 bits per heavy atom. The number of nitrogens with zero attached hydrogens (tertiary/aromatic N) is 1. The Balaban J connectivity index is 2.63. The first-order valence-electron chi connectivity index (χ1n) is 5.52. The Morgan fingerprint density at radius 1 is 1.24 bits per heavy atom. The molecule has 0 heterocycles.